The number of aryl methyl sites for hydroxylation is 1. The first-order valence-electron chi connectivity index (χ1n) is 7.57. The maximum Gasteiger partial charge on any atom is 0.408 e. The van der Waals surface area contributed by atoms with E-state index in [0.29, 0.717) is 0 Å². The van der Waals surface area contributed by atoms with Gasteiger partial charge in [-0.1, -0.05) is 18.2 Å². The molecule has 22 heavy (non-hydrogen) atoms. The molecule has 1 amide bonds. The highest BCUT2D eigenvalue weighted by atomic mass is 16.6. The minimum absolute atomic E-state index is 0.00686. The topological polar surface area (TPSA) is 62.1 Å². The number of benzene rings is 1. The maximum atomic E-state index is 12.0. The van der Waals surface area contributed by atoms with Crippen molar-refractivity contribution in [3.8, 4) is 6.07 Å². The Kier molecular flexibility index (Phi) is 4.87. The quantitative estimate of drug-likeness (QED) is 0.835. The molecule has 1 N–H and O–H groups in total. The van der Waals surface area contributed by atoms with E-state index >= 15 is 0 Å². The summed E-state index contributed by atoms with van der Waals surface area (Å²) in [5.74, 6) is 0. The van der Waals surface area contributed by atoms with Gasteiger partial charge in [0, 0.05) is 6.08 Å². The molecule has 0 saturated carbocycles. The van der Waals surface area contributed by atoms with E-state index in [-0.39, 0.29) is 12.1 Å². The van der Waals surface area contributed by atoms with Gasteiger partial charge in [-0.15, -0.1) is 0 Å². The molecule has 0 unspecified atom stereocenters. The van der Waals surface area contributed by atoms with Gasteiger partial charge in [0.05, 0.1) is 12.1 Å². The van der Waals surface area contributed by atoms with Crippen molar-refractivity contribution in [1.82, 2.24) is 5.32 Å². The molecule has 0 bridgehead atoms. The third-order valence-corrected chi connectivity index (χ3v) is 3.52. The second kappa shape index (κ2) is 6.65. The van der Waals surface area contributed by atoms with Crippen molar-refractivity contribution in [2.45, 2.75) is 51.7 Å². The SMILES string of the molecule is CC(C)(C)OC(=O)N[C@@H]1CCCc2cc(C=CC#N)ccc21. The number of nitriles is 1. The average Bonchev–Trinajstić information content (AvgIpc) is 2.43. The summed E-state index contributed by atoms with van der Waals surface area (Å²) in [6, 6.07) is 8.09. The highest BCUT2D eigenvalue weighted by Gasteiger charge is 2.24. The first kappa shape index (κ1) is 16.1. The molecule has 0 spiro atoms. The molecule has 4 nitrogen and oxygen atoms in total. The van der Waals surface area contributed by atoms with Gasteiger partial charge in [0.25, 0.3) is 0 Å². The molecule has 4 heteroatoms. The molecule has 1 aliphatic carbocycles. The lowest BCUT2D eigenvalue weighted by Gasteiger charge is -2.28. The van der Waals surface area contributed by atoms with Crippen LogP contribution in [0.4, 0.5) is 4.79 Å². The molecule has 1 atom stereocenters. The predicted molar refractivity (Wildman–Crippen MR) is 86.1 cm³/mol. The molecule has 0 heterocycles. The summed E-state index contributed by atoms with van der Waals surface area (Å²) in [5, 5.41) is 11.6. The van der Waals surface area contributed by atoms with Crippen LogP contribution in [0.15, 0.2) is 24.3 Å². The summed E-state index contributed by atoms with van der Waals surface area (Å²) in [6.07, 6.45) is 5.83. The summed E-state index contributed by atoms with van der Waals surface area (Å²) < 4.78 is 5.34. The number of carbonyl (C=O) groups excluding carboxylic acids is 1. The Hall–Kier alpha value is -2.28. The van der Waals surface area contributed by atoms with E-state index in [1.807, 2.05) is 39.0 Å². The number of nitrogens with zero attached hydrogens (tertiary/aromatic N) is 1. The van der Waals surface area contributed by atoms with Crippen LogP contribution in [0.3, 0.4) is 0 Å². The van der Waals surface area contributed by atoms with E-state index in [1.54, 1.807) is 6.08 Å². The first-order chi connectivity index (χ1) is 10.4. The van der Waals surface area contributed by atoms with Gasteiger partial charge in [-0.2, -0.15) is 5.26 Å². The lowest BCUT2D eigenvalue weighted by atomic mass is 9.86. The van der Waals surface area contributed by atoms with Gasteiger partial charge in [0.2, 0.25) is 0 Å². The molecule has 0 aromatic heterocycles. The van der Waals surface area contributed by atoms with E-state index in [1.165, 1.54) is 11.6 Å². The molecule has 2 rings (SSSR count). The van der Waals surface area contributed by atoms with Gasteiger partial charge in [-0.3, -0.25) is 0 Å². The highest BCUT2D eigenvalue weighted by Crippen LogP contribution is 2.31. The average molecular weight is 298 g/mol. The number of allylic oxidation sites excluding steroid dienone is 1. The molecule has 0 saturated heterocycles. The van der Waals surface area contributed by atoms with Gasteiger partial charge < -0.3 is 10.1 Å². The number of ether oxygens (including phenoxy) is 1. The molecule has 0 radical (unpaired) electrons. The van der Waals surface area contributed by atoms with Crippen molar-refractivity contribution < 1.29 is 9.53 Å². The van der Waals surface area contributed by atoms with Crippen molar-refractivity contribution in [3.05, 3.63) is 41.0 Å². The third-order valence-electron chi connectivity index (χ3n) is 3.52. The number of carbonyl (C=O) groups is 1. The summed E-state index contributed by atoms with van der Waals surface area (Å²) in [6.45, 7) is 5.57. The van der Waals surface area contributed by atoms with Crippen molar-refractivity contribution >= 4 is 12.2 Å². The van der Waals surface area contributed by atoms with Crippen molar-refractivity contribution in [3.63, 3.8) is 0 Å². The van der Waals surface area contributed by atoms with E-state index in [2.05, 4.69) is 11.4 Å². The van der Waals surface area contributed by atoms with Crippen LogP contribution in [0.25, 0.3) is 6.08 Å². The van der Waals surface area contributed by atoms with Gasteiger partial charge in [-0.05, 0) is 62.8 Å². The Morgan fingerprint density at radius 1 is 1.45 bits per heavy atom. The van der Waals surface area contributed by atoms with Crippen LogP contribution in [-0.2, 0) is 11.2 Å². The molecular formula is C18H22N2O2. The molecular weight excluding hydrogens is 276 g/mol. The fourth-order valence-corrected chi connectivity index (χ4v) is 2.67. The van der Waals surface area contributed by atoms with Crippen LogP contribution in [-0.4, -0.2) is 11.7 Å². The molecule has 1 aromatic carbocycles. The number of hydrogen-bond acceptors (Lipinski definition) is 3. The van der Waals surface area contributed by atoms with Crippen LogP contribution in [0.5, 0.6) is 0 Å². The summed E-state index contributed by atoms with van der Waals surface area (Å²) >= 11 is 0. The minimum Gasteiger partial charge on any atom is -0.444 e. The first-order valence-corrected chi connectivity index (χ1v) is 7.57. The van der Waals surface area contributed by atoms with Crippen molar-refractivity contribution in [1.29, 1.82) is 5.26 Å². The zero-order valence-electron chi connectivity index (χ0n) is 13.3. The molecule has 1 aliphatic rings. The monoisotopic (exact) mass is 298 g/mol. The number of amides is 1. The molecule has 0 fully saturated rings. The zero-order valence-corrected chi connectivity index (χ0v) is 13.3. The zero-order chi connectivity index (χ0) is 16.2. The number of alkyl carbamates (subject to hydrolysis) is 1. The lowest BCUT2D eigenvalue weighted by Crippen LogP contribution is -2.36. The van der Waals surface area contributed by atoms with E-state index in [4.69, 9.17) is 10.00 Å². The fourth-order valence-electron chi connectivity index (χ4n) is 2.67. The van der Waals surface area contributed by atoms with Crippen LogP contribution >= 0.6 is 0 Å². The van der Waals surface area contributed by atoms with Crippen molar-refractivity contribution in [2.24, 2.45) is 0 Å². The number of nitrogens with one attached hydrogen (secondary N) is 1. The molecule has 116 valence electrons. The highest BCUT2D eigenvalue weighted by molar-refractivity contribution is 5.68. The summed E-state index contributed by atoms with van der Waals surface area (Å²) in [4.78, 5) is 12.0. The molecule has 0 aliphatic heterocycles. The Balaban J connectivity index is 2.13. The Morgan fingerprint density at radius 2 is 2.23 bits per heavy atom. The van der Waals surface area contributed by atoms with Crippen LogP contribution in [0, 0.1) is 11.3 Å². The summed E-state index contributed by atoms with van der Waals surface area (Å²) in [5.41, 5.74) is 2.89. The van der Waals surface area contributed by atoms with Crippen LogP contribution in [0.2, 0.25) is 0 Å². The van der Waals surface area contributed by atoms with Crippen LogP contribution < -0.4 is 5.32 Å². The van der Waals surface area contributed by atoms with Gasteiger partial charge in [0.15, 0.2) is 0 Å². The van der Waals surface area contributed by atoms with Gasteiger partial charge >= 0.3 is 6.09 Å². The largest absolute Gasteiger partial charge is 0.444 e. The number of fused-ring (bicyclic) bond motifs is 1. The van der Waals surface area contributed by atoms with E-state index < -0.39 is 5.60 Å². The lowest BCUT2D eigenvalue weighted by molar-refractivity contribution is 0.0498. The van der Waals surface area contributed by atoms with Crippen molar-refractivity contribution in [2.75, 3.05) is 0 Å². The van der Waals surface area contributed by atoms with Gasteiger partial charge in [0.1, 0.15) is 5.60 Å². The second-order valence-corrected chi connectivity index (χ2v) is 6.51. The number of rotatable bonds is 2. The van der Waals surface area contributed by atoms with Crippen LogP contribution in [0.1, 0.15) is 56.3 Å². The predicted octanol–water partition coefficient (Wildman–Crippen LogP) is 4.13. The van der Waals surface area contributed by atoms with Gasteiger partial charge in [-0.25, -0.2) is 4.79 Å². The Labute approximate surface area is 131 Å². The summed E-state index contributed by atoms with van der Waals surface area (Å²) in [7, 11) is 0. The molecule has 1 aromatic rings. The normalized spacial score (nSPS) is 17.6. The third kappa shape index (κ3) is 4.36. The maximum absolute atomic E-state index is 12.0. The fraction of sp³-hybridized carbons (Fsp3) is 0.444. The smallest absolute Gasteiger partial charge is 0.408 e. The Bertz CT molecular complexity index is 621. The number of hydrogen-bond donors (Lipinski definition) is 1. The van der Waals surface area contributed by atoms with E-state index in [0.717, 1.165) is 30.4 Å². The minimum atomic E-state index is -0.493. The Morgan fingerprint density at radius 3 is 2.91 bits per heavy atom. The second-order valence-electron chi connectivity index (χ2n) is 6.51. The van der Waals surface area contributed by atoms with E-state index in [9.17, 15) is 4.79 Å². The standard InChI is InChI=1S/C18H22N2O2/c1-18(2,3)22-17(21)20-16-8-4-7-14-12-13(6-5-11-19)9-10-15(14)16/h5-6,9-10,12,16H,4,7-8H2,1-3H3,(H,20,21)/t16-/m1/s1.